The third-order valence-electron chi connectivity index (χ3n) is 2.81. The Labute approximate surface area is 101 Å². The van der Waals surface area contributed by atoms with Gasteiger partial charge in [-0.25, -0.2) is 0 Å². The molecule has 0 saturated carbocycles. The fraction of sp³-hybridized carbons (Fsp3) is 0. The van der Waals surface area contributed by atoms with E-state index >= 15 is 0 Å². The number of oxime groups is 1. The highest BCUT2D eigenvalue weighted by atomic mass is 79.9. The molecule has 3 heteroatoms. The molecule has 0 aliphatic heterocycles. The molecule has 2 nitrogen and oxygen atoms in total. The Morgan fingerprint density at radius 3 is 2.31 bits per heavy atom. The van der Waals surface area contributed by atoms with Crippen LogP contribution in [0.3, 0.4) is 0 Å². The van der Waals surface area contributed by atoms with Crippen molar-refractivity contribution in [1.82, 2.24) is 0 Å². The van der Waals surface area contributed by atoms with Gasteiger partial charge in [0, 0.05) is 15.6 Å². The zero-order chi connectivity index (χ0) is 11.1. The summed E-state index contributed by atoms with van der Waals surface area (Å²) in [6.45, 7) is 0. The molecule has 0 aromatic heterocycles. The van der Waals surface area contributed by atoms with Crippen LogP contribution in [0.25, 0.3) is 11.1 Å². The number of hydrogen-bond acceptors (Lipinski definition) is 2. The minimum Gasteiger partial charge on any atom is -0.410 e. The van der Waals surface area contributed by atoms with Crippen LogP contribution < -0.4 is 0 Å². The lowest BCUT2D eigenvalue weighted by molar-refractivity contribution is 0.320. The zero-order valence-electron chi connectivity index (χ0n) is 8.31. The van der Waals surface area contributed by atoms with Crippen molar-refractivity contribution >= 4 is 21.6 Å². The Balaban J connectivity index is 2.39. The molecule has 0 bridgehead atoms. The lowest BCUT2D eigenvalue weighted by Crippen LogP contribution is -1.97. The van der Waals surface area contributed by atoms with E-state index in [0.717, 1.165) is 26.7 Å². The van der Waals surface area contributed by atoms with Crippen molar-refractivity contribution in [2.45, 2.75) is 0 Å². The Hall–Kier alpha value is -1.61. The van der Waals surface area contributed by atoms with Crippen LogP contribution in [-0.4, -0.2) is 10.9 Å². The maximum Gasteiger partial charge on any atom is 0.118 e. The molecule has 0 saturated heterocycles. The van der Waals surface area contributed by atoms with Crippen LogP contribution in [0.5, 0.6) is 0 Å². The molecule has 1 aliphatic carbocycles. The van der Waals surface area contributed by atoms with E-state index in [9.17, 15) is 0 Å². The maximum atomic E-state index is 9.12. The molecule has 0 radical (unpaired) electrons. The zero-order valence-corrected chi connectivity index (χ0v) is 9.90. The minimum absolute atomic E-state index is 0.645. The molecule has 0 fully saturated rings. The van der Waals surface area contributed by atoms with Crippen molar-refractivity contribution in [2.75, 3.05) is 0 Å². The maximum absolute atomic E-state index is 9.12. The Morgan fingerprint density at radius 1 is 0.875 bits per heavy atom. The summed E-state index contributed by atoms with van der Waals surface area (Å²) in [5.41, 5.74) is 4.84. The quantitative estimate of drug-likeness (QED) is 0.492. The van der Waals surface area contributed by atoms with E-state index in [4.69, 9.17) is 5.21 Å². The molecule has 0 amide bonds. The van der Waals surface area contributed by atoms with Gasteiger partial charge in [0.25, 0.3) is 0 Å². The third-order valence-corrected chi connectivity index (χ3v) is 3.30. The summed E-state index contributed by atoms with van der Waals surface area (Å²) in [4.78, 5) is 0. The van der Waals surface area contributed by atoms with E-state index in [1.165, 1.54) is 0 Å². The van der Waals surface area contributed by atoms with Crippen LogP contribution in [0.2, 0.25) is 0 Å². The number of nitrogens with zero attached hydrogens (tertiary/aromatic N) is 1. The van der Waals surface area contributed by atoms with E-state index in [1.54, 1.807) is 0 Å². The predicted molar refractivity (Wildman–Crippen MR) is 67.0 cm³/mol. The van der Waals surface area contributed by atoms with E-state index < -0.39 is 0 Å². The topological polar surface area (TPSA) is 32.6 Å². The molecule has 1 N–H and O–H groups in total. The molecule has 16 heavy (non-hydrogen) atoms. The normalized spacial score (nSPS) is 14.9. The number of rotatable bonds is 0. The molecule has 2 aromatic carbocycles. The SMILES string of the molecule is O/N=C1\c2ccccc2-c2ccc(Br)cc21. The molecular formula is C13H8BrNO. The monoisotopic (exact) mass is 273 g/mol. The molecule has 1 aliphatic rings. The third kappa shape index (κ3) is 1.21. The summed E-state index contributed by atoms with van der Waals surface area (Å²) in [6.07, 6.45) is 0. The van der Waals surface area contributed by atoms with Crippen LogP contribution in [0.1, 0.15) is 11.1 Å². The van der Waals surface area contributed by atoms with Crippen molar-refractivity contribution in [1.29, 1.82) is 0 Å². The van der Waals surface area contributed by atoms with Crippen molar-refractivity contribution in [3.63, 3.8) is 0 Å². The summed E-state index contributed by atoms with van der Waals surface area (Å²) in [6, 6.07) is 14.0. The Bertz CT molecular complexity index is 605. The molecule has 0 unspecified atom stereocenters. The van der Waals surface area contributed by atoms with Gasteiger partial charge in [0.2, 0.25) is 0 Å². The number of fused-ring (bicyclic) bond motifs is 3. The second kappa shape index (κ2) is 3.46. The molecule has 0 spiro atoms. The lowest BCUT2D eigenvalue weighted by Gasteiger charge is -1.99. The van der Waals surface area contributed by atoms with Gasteiger partial charge in [0.15, 0.2) is 0 Å². The van der Waals surface area contributed by atoms with E-state index in [-0.39, 0.29) is 0 Å². The van der Waals surface area contributed by atoms with Gasteiger partial charge >= 0.3 is 0 Å². The smallest absolute Gasteiger partial charge is 0.118 e. The average molecular weight is 274 g/mol. The van der Waals surface area contributed by atoms with Gasteiger partial charge in [-0.1, -0.05) is 51.4 Å². The highest BCUT2D eigenvalue weighted by Crippen LogP contribution is 2.37. The summed E-state index contributed by atoms with van der Waals surface area (Å²) in [5, 5.41) is 12.5. The largest absolute Gasteiger partial charge is 0.410 e. The van der Waals surface area contributed by atoms with Crippen molar-refractivity contribution < 1.29 is 5.21 Å². The first kappa shape index (κ1) is 9.60. The van der Waals surface area contributed by atoms with Crippen molar-refractivity contribution in [2.24, 2.45) is 5.16 Å². The highest BCUT2D eigenvalue weighted by molar-refractivity contribution is 9.10. The number of benzene rings is 2. The van der Waals surface area contributed by atoms with Gasteiger partial charge in [-0.3, -0.25) is 0 Å². The van der Waals surface area contributed by atoms with Crippen molar-refractivity contribution in [3.05, 3.63) is 58.1 Å². The molecule has 78 valence electrons. The predicted octanol–water partition coefficient (Wildman–Crippen LogP) is 3.66. The summed E-state index contributed by atoms with van der Waals surface area (Å²) < 4.78 is 0.986. The Morgan fingerprint density at radius 2 is 1.56 bits per heavy atom. The first-order valence-corrected chi connectivity index (χ1v) is 5.72. The number of hydrogen-bond donors (Lipinski definition) is 1. The van der Waals surface area contributed by atoms with Crippen LogP contribution in [-0.2, 0) is 0 Å². The van der Waals surface area contributed by atoms with Gasteiger partial charge in [0.1, 0.15) is 5.71 Å². The van der Waals surface area contributed by atoms with Crippen molar-refractivity contribution in [3.8, 4) is 11.1 Å². The van der Waals surface area contributed by atoms with E-state index in [2.05, 4.69) is 21.1 Å². The number of halogens is 1. The van der Waals surface area contributed by atoms with Gasteiger partial charge in [-0.15, -0.1) is 0 Å². The minimum atomic E-state index is 0.645. The fourth-order valence-electron chi connectivity index (χ4n) is 2.12. The van der Waals surface area contributed by atoms with Gasteiger partial charge in [-0.05, 0) is 23.3 Å². The van der Waals surface area contributed by atoms with Crippen LogP contribution >= 0.6 is 15.9 Å². The highest BCUT2D eigenvalue weighted by Gasteiger charge is 2.24. The average Bonchev–Trinajstić information content (AvgIpc) is 2.61. The van der Waals surface area contributed by atoms with Crippen LogP contribution in [0, 0.1) is 0 Å². The summed E-state index contributed by atoms with van der Waals surface area (Å²) >= 11 is 3.43. The van der Waals surface area contributed by atoms with E-state index in [1.807, 2.05) is 42.5 Å². The molecule has 0 atom stereocenters. The van der Waals surface area contributed by atoms with Crippen LogP contribution in [0.15, 0.2) is 52.1 Å². The summed E-state index contributed by atoms with van der Waals surface area (Å²) in [7, 11) is 0. The van der Waals surface area contributed by atoms with E-state index in [0.29, 0.717) is 5.71 Å². The molecule has 3 rings (SSSR count). The molecule has 0 heterocycles. The van der Waals surface area contributed by atoms with Gasteiger partial charge < -0.3 is 5.21 Å². The summed E-state index contributed by atoms with van der Waals surface area (Å²) in [5.74, 6) is 0. The lowest BCUT2D eigenvalue weighted by atomic mass is 10.1. The first-order chi connectivity index (χ1) is 7.81. The fourth-order valence-corrected chi connectivity index (χ4v) is 2.49. The molecule has 2 aromatic rings. The molecular weight excluding hydrogens is 266 g/mol. The van der Waals surface area contributed by atoms with Gasteiger partial charge in [-0.2, -0.15) is 0 Å². The second-order valence-corrected chi connectivity index (χ2v) is 4.60. The second-order valence-electron chi connectivity index (χ2n) is 3.68. The Kier molecular flexibility index (Phi) is 2.07. The van der Waals surface area contributed by atoms with Gasteiger partial charge in [0.05, 0.1) is 0 Å². The van der Waals surface area contributed by atoms with Crippen LogP contribution in [0.4, 0.5) is 0 Å². The standard InChI is InChI=1S/C13H8BrNO/c14-8-5-6-10-9-3-1-2-4-11(9)13(15-16)12(10)7-8/h1-7,16H/b15-13+. The first-order valence-electron chi connectivity index (χ1n) is 4.93.